The van der Waals surface area contributed by atoms with Crippen LogP contribution in [0.1, 0.15) is 76.0 Å². The first-order chi connectivity index (χ1) is 15.5. The molecule has 1 aliphatic carbocycles. The van der Waals surface area contributed by atoms with Crippen LogP contribution in [-0.4, -0.2) is 26.3 Å². The lowest BCUT2D eigenvalue weighted by Gasteiger charge is -2.25. The Labute approximate surface area is 199 Å². The molecule has 1 saturated carbocycles. The maximum Gasteiger partial charge on any atom is 0.166 e. The number of ketones is 1. The Morgan fingerprint density at radius 1 is 1.18 bits per heavy atom. The van der Waals surface area contributed by atoms with Gasteiger partial charge in [-0.05, 0) is 80.7 Å². The minimum absolute atomic E-state index is 0.0136. The lowest BCUT2D eigenvalue weighted by Crippen LogP contribution is -2.29. The van der Waals surface area contributed by atoms with Crippen molar-refractivity contribution in [2.75, 3.05) is 0 Å². The topological polar surface area (TPSA) is 55.1 Å². The van der Waals surface area contributed by atoms with Gasteiger partial charge in [-0.25, -0.2) is 0 Å². The molecule has 1 aliphatic rings. The summed E-state index contributed by atoms with van der Waals surface area (Å²) < 4.78 is 1.90. The van der Waals surface area contributed by atoms with Crippen molar-refractivity contribution in [3.8, 4) is 11.1 Å². The highest BCUT2D eigenvalue weighted by Crippen LogP contribution is 2.41. The summed E-state index contributed by atoms with van der Waals surface area (Å²) in [6.45, 7) is 14.0. The molecule has 0 radical (unpaired) electrons. The lowest BCUT2D eigenvalue weighted by atomic mass is 9.87. The Balaban J connectivity index is 0.000000286. The zero-order valence-electron chi connectivity index (χ0n) is 21.6. The van der Waals surface area contributed by atoms with E-state index >= 15 is 0 Å². The maximum atomic E-state index is 12.8. The van der Waals surface area contributed by atoms with Crippen molar-refractivity contribution in [3.05, 3.63) is 53.2 Å². The van der Waals surface area contributed by atoms with Gasteiger partial charge in [-0.1, -0.05) is 52.0 Å². The highest BCUT2D eigenvalue weighted by molar-refractivity contribution is 6.05. The Bertz CT molecular complexity index is 1130. The lowest BCUT2D eigenvalue weighted by molar-refractivity contribution is 0.0155. The van der Waals surface area contributed by atoms with Gasteiger partial charge in [-0.3, -0.25) is 9.48 Å². The molecule has 0 amide bonds. The molecule has 178 valence electrons. The molecule has 3 aromatic rings. The molecule has 0 aliphatic heterocycles. The smallest absolute Gasteiger partial charge is 0.166 e. The summed E-state index contributed by atoms with van der Waals surface area (Å²) in [6.07, 6.45) is 3.51. The van der Waals surface area contributed by atoms with Gasteiger partial charge in [0.05, 0.1) is 16.8 Å². The van der Waals surface area contributed by atoms with Crippen LogP contribution < -0.4 is 0 Å². The fourth-order valence-electron chi connectivity index (χ4n) is 4.50. The fourth-order valence-corrected chi connectivity index (χ4v) is 4.50. The Kier molecular flexibility index (Phi) is 7.48. The number of benzene rings is 2. The van der Waals surface area contributed by atoms with Crippen LogP contribution in [0, 0.1) is 24.7 Å². The number of Topliss-reactive ketones (excluding diaryl/α,β-unsaturated/α-hetero) is 1. The van der Waals surface area contributed by atoms with E-state index in [2.05, 4.69) is 49.3 Å². The number of hydrogen-bond acceptors (Lipinski definition) is 3. The summed E-state index contributed by atoms with van der Waals surface area (Å²) in [5.41, 5.74) is 5.76. The molecule has 0 saturated heterocycles. The number of carbonyl (C=O) groups excluding carboxylic acids is 1. The van der Waals surface area contributed by atoms with Gasteiger partial charge in [0.2, 0.25) is 0 Å². The Morgan fingerprint density at radius 2 is 1.85 bits per heavy atom. The van der Waals surface area contributed by atoms with Crippen molar-refractivity contribution in [1.29, 1.82) is 0 Å². The number of fused-ring (bicyclic) bond motifs is 1. The van der Waals surface area contributed by atoms with E-state index in [9.17, 15) is 9.90 Å². The minimum Gasteiger partial charge on any atom is -0.390 e. The summed E-state index contributed by atoms with van der Waals surface area (Å²) in [4.78, 5) is 12.8. The second-order valence-corrected chi connectivity index (χ2v) is 10.4. The molecule has 1 heterocycles. The molecular weight excluding hydrogens is 408 g/mol. The normalized spacial score (nSPS) is 14.8. The van der Waals surface area contributed by atoms with Crippen molar-refractivity contribution in [1.82, 2.24) is 9.78 Å². The van der Waals surface area contributed by atoms with E-state index in [0.29, 0.717) is 5.92 Å². The molecular formula is C29H40N2O2. The van der Waals surface area contributed by atoms with Crippen LogP contribution >= 0.6 is 0 Å². The van der Waals surface area contributed by atoms with Crippen LogP contribution in [0.2, 0.25) is 0 Å². The molecule has 4 heteroatoms. The van der Waals surface area contributed by atoms with Crippen molar-refractivity contribution in [3.63, 3.8) is 0 Å². The number of aliphatic hydroxyl groups is 1. The van der Waals surface area contributed by atoms with Crippen LogP contribution in [0.5, 0.6) is 0 Å². The number of aryl methyl sites for hydroxylation is 3. The summed E-state index contributed by atoms with van der Waals surface area (Å²) in [7, 11) is 1.96. The quantitative estimate of drug-likeness (QED) is 0.424. The summed E-state index contributed by atoms with van der Waals surface area (Å²) in [5.74, 6) is 1.49. The van der Waals surface area contributed by atoms with Gasteiger partial charge in [0.1, 0.15) is 0 Å². The molecule has 0 spiro atoms. The summed E-state index contributed by atoms with van der Waals surface area (Å²) in [6, 6.07) is 12.5. The predicted octanol–water partition coefficient (Wildman–Crippen LogP) is 6.75. The standard InChI is InChI=1S/C21H24N2O.C8H16O/c1-6-15-8-7-9-17(20(15)21(24)13(2)3)16-10-11-19-18(12-16)14(4)22-23(19)5;1-6(7-4-5-7)8(2,3)9/h7-13H,6H2,1-5H3;6-7,9H,4-5H2,1-3H3. The van der Waals surface area contributed by atoms with Gasteiger partial charge in [0, 0.05) is 23.9 Å². The zero-order valence-corrected chi connectivity index (χ0v) is 21.6. The van der Waals surface area contributed by atoms with Crippen molar-refractivity contribution >= 4 is 16.7 Å². The molecule has 1 fully saturated rings. The third kappa shape index (κ3) is 5.55. The van der Waals surface area contributed by atoms with Gasteiger partial charge in [-0.15, -0.1) is 0 Å². The van der Waals surface area contributed by atoms with Crippen molar-refractivity contribution in [2.45, 2.75) is 73.3 Å². The molecule has 33 heavy (non-hydrogen) atoms. The predicted molar refractivity (Wildman–Crippen MR) is 138 cm³/mol. The van der Waals surface area contributed by atoms with E-state index in [1.807, 2.05) is 52.4 Å². The van der Waals surface area contributed by atoms with Gasteiger partial charge in [0.25, 0.3) is 0 Å². The van der Waals surface area contributed by atoms with Crippen LogP contribution in [0.25, 0.3) is 22.0 Å². The van der Waals surface area contributed by atoms with Crippen LogP contribution in [0.3, 0.4) is 0 Å². The van der Waals surface area contributed by atoms with E-state index in [4.69, 9.17) is 0 Å². The molecule has 1 aromatic heterocycles. The van der Waals surface area contributed by atoms with Gasteiger partial charge < -0.3 is 5.11 Å². The highest BCUT2D eigenvalue weighted by Gasteiger charge is 2.36. The van der Waals surface area contributed by atoms with E-state index in [-0.39, 0.29) is 11.7 Å². The maximum absolute atomic E-state index is 12.8. The van der Waals surface area contributed by atoms with E-state index in [1.165, 1.54) is 12.8 Å². The Morgan fingerprint density at radius 3 is 2.36 bits per heavy atom. The third-order valence-corrected chi connectivity index (χ3v) is 7.09. The molecule has 4 rings (SSSR count). The van der Waals surface area contributed by atoms with Crippen LogP contribution in [0.15, 0.2) is 36.4 Å². The SMILES string of the molecule is CC(C1CC1)C(C)(C)O.CCc1cccc(-c2ccc3c(c2)c(C)nn3C)c1C(=O)C(C)C. The number of carbonyl (C=O) groups is 1. The molecule has 0 bridgehead atoms. The third-order valence-electron chi connectivity index (χ3n) is 7.09. The first-order valence-corrected chi connectivity index (χ1v) is 12.3. The van der Waals surface area contributed by atoms with Crippen LogP contribution in [0.4, 0.5) is 0 Å². The zero-order chi connectivity index (χ0) is 24.5. The van der Waals surface area contributed by atoms with Crippen molar-refractivity contribution < 1.29 is 9.90 Å². The fraction of sp³-hybridized carbons (Fsp3) is 0.517. The summed E-state index contributed by atoms with van der Waals surface area (Å²) in [5, 5.41) is 15.1. The highest BCUT2D eigenvalue weighted by atomic mass is 16.3. The van der Waals surface area contributed by atoms with E-state index in [1.54, 1.807) is 0 Å². The van der Waals surface area contributed by atoms with Crippen molar-refractivity contribution in [2.24, 2.45) is 24.8 Å². The van der Waals surface area contributed by atoms with Crippen LogP contribution in [-0.2, 0) is 13.5 Å². The first-order valence-electron chi connectivity index (χ1n) is 12.3. The van der Waals surface area contributed by atoms with E-state index < -0.39 is 5.60 Å². The van der Waals surface area contributed by atoms with Gasteiger partial charge in [-0.2, -0.15) is 5.10 Å². The molecule has 4 nitrogen and oxygen atoms in total. The minimum atomic E-state index is -0.457. The monoisotopic (exact) mass is 448 g/mol. The molecule has 1 atom stereocenters. The second kappa shape index (κ2) is 9.80. The molecule has 1 N–H and O–H groups in total. The van der Waals surface area contributed by atoms with Gasteiger partial charge >= 0.3 is 0 Å². The van der Waals surface area contributed by atoms with Gasteiger partial charge in [0.15, 0.2) is 5.78 Å². The largest absolute Gasteiger partial charge is 0.390 e. The summed E-state index contributed by atoms with van der Waals surface area (Å²) >= 11 is 0. The number of aromatic nitrogens is 2. The first kappa shape index (κ1) is 25.2. The second-order valence-electron chi connectivity index (χ2n) is 10.4. The van der Waals surface area contributed by atoms with E-state index in [0.717, 1.165) is 51.2 Å². The Hall–Kier alpha value is -2.46. The average Bonchev–Trinajstić information content (AvgIpc) is 3.57. The molecule has 2 aromatic carbocycles. The number of rotatable bonds is 6. The number of hydrogen-bond donors (Lipinski definition) is 1. The molecule has 1 unspecified atom stereocenters. The average molecular weight is 449 g/mol. The number of nitrogens with zero attached hydrogens (tertiary/aromatic N) is 2.